The molecule has 1 amide bonds. The molecule has 0 spiro atoms. The van der Waals surface area contributed by atoms with Gasteiger partial charge in [-0.3, -0.25) is 4.79 Å². The van der Waals surface area contributed by atoms with Gasteiger partial charge in [-0.05, 0) is 37.0 Å². The van der Waals surface area contributed by atoms with Crippen LogP contribution in [0.3, 0.4) is 0 Å². The van der Waals surface area contributed by atoms with Gasteiger partial charge >= 0.3 is 0 Å². The number of benzene rings is 1. The number of nitrogens with zero attached hydrogens (tertiary/aromatic N) is 1. The molecule has 0 aliphatic carbocycles. The van der Waals surface area contributed by atoms with Crippen molar-refractivity contribution in [3.63, 3.8) is 0 Å². The smallest absolute Gasteiger partial charge is 0.275 e. The van der Waals surface area contributed by atoms with E-state index in [1.54, 1.807) is 10.4 Å². The van der Waals surface area contributed by atoms with Crippen LogP contribution >= 0.6 is 0 Å². The molecule has 0 saturated carbocycles. The van der Waals surface area contributed by atoms with E-state index < -0.39 is 10.0 Å². The molecule has 1 heterocycles. The van der Waals surface area contributed by atoms with Crippen LogP contribution in [0, 0.1) is 19.8 Å². The normalized spacial score (nSPS) is 17.0. The first kappa shape index (κ1) is 19.9. The van der Waals surface area contributed by atoms with Crippen LogP contribution in [0.4, 0.5) is 0 Å². The number of amides is 1. The van der Waals surface area contributed by atoms with Gasteiger partial charge in [-0.2, -0.15) is 4.31 Å². The van der Waals surface area contributed by atoms with E-state index in [0.717, 1.165) is 16.0 Å². The topological polar surface area (TPSA) is 70.9 Å². The minimum atomic E-state index is -3.47. The second-order valence-electron chi connectivity index (χ2n) is 7.30. The number of nitrogens with one attached hydrogen (secondary N) is 2. The molecule has 0 atom stereocenters. The Morgan fingerprint density at radius 3 is 2.48 bits per heavy atom. The first-order chi connectivity index (χ1) is 11.7. The third kappa shape index (κ3) is 5.26. The van der Waals surface area contributed by atoms with Gasteiger partial charge in [-0.1, -0.05) is 26.0 Å². The molecule has 6 nitrogen and oxygen atoms in total. The van der Waals surface area contributed by atoms with Gasteiger partial charge in [-0.15, -0.1) is 0 Å². The Bertz CT molecular complexity index is 708. The lowest BCUT2D eigenvalue weighted by molar-refractivity contribution is -0.895. The van der Waals surface area contributed by atoms with Crippen molar-refractivity contribution in [1.29, 1.82) is 0 Å². The van der Waals surface area contributed by atoms with Gasteiger partial charge in [0.05, 0.1) is 31.1 Å². The van der Waals surface area contributed by atoms with Crippen molar-refractivity contribution in [3.05, 3.63) is 29.3 Å². The van der Waals surface area contributed by atoms with Gasteiger partial charge in [0, 0.05) is 6.54 Å². The van der Waals surface area contributed by atoms with Crippen LogP contribution in [-0.4, -0.2) is 57.9 Å². The average Bonchev–Trinajstić information content (AvgIpc) is 2.55. The van der Waals surface area contributed by atoms with Gasteiger partial charge < -0.3 is 10.2 Å². The number of sulfonamides is 1. The van der Waals surface area contributed by atoms with Gasteiger partial charge in [0.2, 0.25) is 10.0 Å². The van der Waals surface area contributed by atoms with Crippen LogP contribution in [0.1, 0.15) is 25.0 Å². The van der Waals surface area contributed by atoms with E-state index in [-0.39, 0.29) is 5.91 Å². The second-order valence-corrected chi connectivity index (χ2v) is 9.20. The summed E-state index contributed by atoms with van der Waals surface area (Å²) in [5.74, 6) is 0.466. The molecule has 2 N–H and O–H groups in total. The summed E-state index contributed by atoms with van der Waals surface area (Å²) in [6.45, 7) is 11.1. The lowest BCUT2D eigenvalue weighted by Gasteiger charge is -2.31. The quantitative estimate of drug-likeness (QED) is 0.741. The molecule has 0 unspecified atom stereocenters. The van der Waals surface area contributed by atoms with Gasteiger partial charge in [0.1, 0.15) is 0 Å². The number of carbonyl (C=O) groups is 1. The van der Waals surface area contributed by atoms with Crippen LogP contribution in [0.5, 0.6) is 0 Å². The Balaban J connectivity index is 1.95. The van der Waals surface area contributed by atoms with E-state index in [1.165, 1.54) is 0 Å². The van der Waals surface area contributed by atoms with Gasteiger partial charge in [0.25, 0.3) is 5.91 Å². The number of quaternary nitrogens is 1. The fourth-order valence-electron chi connectivity index (χ4n) is 2.95. The second kappa shape index (κ2) is 8.29. The number of carbonyl (C=O) groups excluding carboxylic acids is 1. The Labute approximate surface area is 151 Å². The zero-order chi connectivity index (χ0) is 18.6. The van der Waals surface area contributed by atoms with Crippen LogP contribution in [0.25, 0.3) is 0 Å². The number of rotatable bonds is 6. The lowest BCUT2D eigenvalue weighted by Crippen LogP contribution is -3.15. The fourth-order valence-corrected chi connectivity index (χ4v) is 4.70. The van der Waals surface area contributed by atoms with Gasteiger partial charge in [-0.25, -0.2) is 8.42 Å². The number of piperazine rings is 1. The molecule has 1 saturated heterocycles. The van der Waals surface area contributed by atoms with Crippen molar-refractivity contribution < 1.29 is 18.1 Å². The maximum atomic E-state index is 12.9. The van der Waals surface area contributed by atoms with Crippen molar-refractivity contribution in [2.24, 2.45) is 5.92 Å². The summed E-state index contributed by atoms with van der Waals surface area (Å²) in [5.41, 5.74) is 1.71. The maximum absolute atomic E-state index is 12.9. The van der Waals surface area contributed by atoms with Crippen molar-refractivity contribution in [2.45, 2.75) is 32.6 Å². The average molecular weight is 369 g/mol. The van der Waals surface area contributed by atoms with E-state index in [0.29, 0.717) is 50.1 Å². The minimum absolute atomic E-state index is 0.0366. The molecule has 1 aromatic carbocycles. The summed E-state index contributed by atoms with van der Waals surface area (Å²) in [7, 11) is -3.47. The number of hydrogen-bond donors (Lipinski definition) is 2. The predicted molar refractivity (Wildman–Crippen MR) is 98.1 cm³/mol. The fraction of sp³-hybridized carbons (Fsp3) is 0.611. The Morgan fingerprint density at radius 2 is 1.88 bits per heavy atom. The van der Waals surface area contributed by atoms with Gasteiger partial charge in [0.15, 0.2) is 6.54 Å². The highest BCUT2D eigenvalue weighted by molar-refractivity contribution is 7.89. The molecule has 0 bridgehead atoms. The highest BCUT2D eigenvalue weighted by Crippen LogP contribution is 2.21. The van der Waals surface area contributed by atoms with Crippen molar-refractivity contribution >= 4 is 15.9 Å². The zero-order valence-corrected chi connectivity index (χ0v) is 16.4. The molecule has 1 aliphatic rings. The highest BCUT2D eigenvalue weighted by atomic mass is 32.2. The third-order valence-electron chi connectivity index (χ3n) is 4.51. The molecule has 0 aromatic heterocycles. The van der Waals surface area contributed by atoms with Crippen molar-refractivity contribution in [3.8, 4) is 0 Å². The summed E-state index contributed by atoms with van der Waals surface area (Å²) in [4.78, 5) is 13.5. The monoisotopic (exact) mass is 368 g/mol. The van der Waals surface area contributed by atoms with Crippen LogP contribution < -0.4 is 10.2 Å². The molecule has 25 heavy (non-hydrogen) atoms. The van der Waals surface area contributed by atoms with E-state index in [4.69, 9.17) is 0 Å². The first-order valence-electron chi connectivity index (χ1n) is 8.88. The third-order valence-corrected chi connectivity index (χ3v) is 6.55. The largest absolute Gasteiger partial charge is 0.351 e. The van der Waals surface area contributed by atoms with Crippen LogP contribution in [0.2, 0.25) is 0 Å². The van der Waals surface area contributed by atoms with E-state index in [9.17, 15) is 13.2 Å². The zero-order valence-electron chi connectivity index (χ0n) is 15.6. The molecular formula is C18H30N3O3S+. The molecule has 1 aromatic rings. The lowest BCUT2D eigenvalue weighted by atomic mass is 10.2. The first-order valence-corrected chi connectivity index (χ1v) is 10.3. The van der Waals surface area contributed by atoms with Crippen molar-refractivity contribution in [2.75, 3.05) is 39.3 Å². The molecular weight excluding hydrogens is 338 g/mol. The Kier molecular flexibility index (Phi) is 6.59. The summed E-state index contributed by atoms with van der Waals surface area (Å²) in [5, 5.41) is 2.92. The summed E-state index contributed by atoms with van der Waals surface area (Å²) in [6.07, 6.45) is 0. The highest BCUT2D eigenvalue weighted by Gasteiger charge is 2.32. The molecule has 7 heteroatoms. The molecule has 1 fully saturated rings. The number of hydrogen-bond acceptors (Lipinski definition) is 3. The Morgan fingerprint density at radius 1 is 1.24 bits per heavy atom. The van der Waals surface area contributed by atoms with Crippen molar-refractivity contribution in [1.82, 2.24) is 9.62 Å². The summed E-state index contributed by atoms with van der Waals surface area (Å²) < 4.78 is 27.4. The standard InChI is InChI=1S/C18H29N3O3S/c1-14(2)12-19-18(22)13-20-7-9-21(10-8-20)25(23,24)17-11-15(3)5-6-16(17)4/h5-6,11,14H,7-10,12-13H2,1-4H3,(H,19,22)/p+1. The molecule has 0 radical (unpaired) electrons. The SMILES string of the molecule is Cc1ccc(C)c(S(=O)(=O)N2CC[NH+](CC(=O)NCC(C)C)CC2)c1. The van der Waals surface area contributed by atoms with Crippen LogP contribution in [-0.2, 0) is 14.8 Å². The minimum Gasteiger partial charge on any atom is -0.351 e. The number of aryl methyl sites for hydroxylation is 2. The summed E-state index contributed by atoms with van der Waals surface area (Å²) in [6, 6.07) is 5.51. The Hall–Kier alpha value is -1.44. The van der Waals surface area contributed by atoms with E-state index in [1.807, 2.05) is 26.0 Å². The maximum Gasteiger partial charge on any atom is 0.275 e. The predicted octanol–water partition coefficient (Wildman–Crippen LogP) is -0.0352. The van der Waals surface area contributed by atoms with E-state index >= 15 is 0 Å². The summed E-state index contributed by atoms with van der Waals surface area (Å²) >= 11 is 0. The molecule has 2 rings (SSSR count). The van der Waals surface area contributed by atoms with Crippen LogP contribution in [0.15, 0.2) is 23.1 Å². The van der Waals surface area contributed by atoms with E-state index in [2.05, 4.69) is 19.2 Å². The molecule has 1 aliphatic heterocycles. The molecule has 140 valence electrons.